The second-order valence-electron chi connectivity index (χ2n) is 5.77. The fraction of sp³-hybridized carbons (Fsp3) is 0.368. The first-order chi connectivity index (χ1) is 10.3. The summed E-state index contributed by atoms with van der Waals surface area (Å²) in [5, 5.41) is 3.63. The fourth-order valence-electron chi connectivity index (χ4n) is 3.09. The zero-order valence-corrected chi connectivity index (χ0v) is 13.7. The third-order valence-electron chi connectivity index (χ3n) is 4.29. The normalized spacial score (nSPS) is 13.8. The van der Waals surface area contributed by atoms with Crippen molar-refractivity contribution in [2.45, 2.75) is 25.8 Å². The molecule has 0 heterocycles. The summed E-state index contributed by atoms with van der Waals surface area (Å²) >= 11 is 1.92. The van der Waals surface area contributed by atoms with Crippen molar-refractivity contribution in [2.75, 3.05) is 18.6 Å². The molecule has 1 atom stereocenters. The van der Waals surface area contributed by atoms with E-state index in [0.29, 0.717) is 6.04 Å². The maximum atomic E-state index is 3.63. The highest BCUT2D eigenvalue weighted by Crippen LogP contribution is 2.37. The molecule has 3 rings (SSSR count). The SMILES string of the molecule is CSCCCNC(C)c1ccc2c(c1)Cc1ccccc1-2. The Morgan fingerprint density at radius 3 is 2.76 bits per heavy atom. The number of hydrogen-bond acceptors (Lipinski definition) is 2. The van der Waals surface area contributed by atoms with Gasteiger partial charge in [0.2, 0.25) is 0 Å². The molecule has 0 amide bonds. The molecule has 0 aliphatic heterocycles. The second-order valence-corrected chi connectivity index (χ2v) is 6.76. The smallest absolute Gasteiger partial charge is 0.0291 e. The van der Waals surface area contributed by atoms with Crippen molar-refractivity contribution in [3.63, 3.8) is 0 Å². The summed E-state index contributed by atoms with van der Waals surface area (Å²) < 4.78 is 0. The van der Waals surface area contributed by atoms with Gasteiger partial charge in [0.05, 0.1) is 0 Å². The van der Waals surface area contributed by atoms with Crippen LogP contribution in [0, 0.1) is 0 Å². The van der Waals surface area contributed by atoms with Crippen LogP contribution in [0.1, 0.15) is 36.1 Å². The highest BCUT2D eigenvalue weighted by atomic mass is 32.2. The summed E-state index contributed by atoms with van der Waals surface area (Å²) in [6, 6.07) is 16.2. The van der Waals surface area contributed by atoms with E-state index >= 15 is 0 Å². The van der Waals surface area contributed by atoms with Crippen LogP contribution in [-0.4, -0.2) is 18.6 Å². The van der Waals surface area contributed by atoms with E-state index in [0.717, 1.165) is 13.0 Å². The van der Waals surface area contributed by atoms with Crippen LogP contribution in [0.5, 0.6) is 0 Å². The number of rotatable bonds is 6. The molecule has 2 aromatic carbocycles. The van der Waals surface area contributed by atoms with E-state index in [4.69, 9.17) is 0 Å². The van der Waals surface area contributed by atoms with E-state index in [2.05, 4.69) is 61.0 Å². The lowest BCUT2D eigenvalue weighted by Crippen LogP contribution is -2.20. The van der Waals surface area contributed by atoms with Crippen molar-refractivity contribution in [1.29, 1.82) is 0 Å². The highest BCUT2D eigenvalue weighted by molar-refractivity contribution is 7.98. The summed E-state index contributed by atoms with van der Waals surface area (Å²) in [4.78, 5) is 0. The molecule has 21 heavy (non-hydrogen) atoms. The molecule has 0 aromatic heterocycles. The Bertz CT molecular complexity index is 621. The monoisotopic (exact) mass is 297 g/mol. The van der Waals surface area contributed by atoms with Crippen LogP contribution in [0.3, 0.4) is 0 Å². The number of nitrogens with one attached hydrogen (secondary N) is 1. The minimum atomic E-state index is 0.431. The van der Waals surface area contributed by atoms with Crippen molar-refractivity contribution in [3.8, 4) is 11.1 Å². The molecule has 0 bridgehead atoms. The average Bonchev–Trinajstić information content (AvgIpc) is 2.89. The molecule has 1 unspecified atom stereocenters. The van der Waals surface area contributed by atoms with Gasteiger partial charge in [0.1, 0.15) is 0 Å². The molecule has 1 aliphatic rings. The van der Waals surface area contributed by atoms with Gasteiger partial charge in [-0.1, -0.05) is 42.5 Å². The van der Waals surface area contributed by atoms with Gasteiger partial charge in [-0.05, 0) is 66.1 Å². The molecule has 0 saturated carbocycles. The van der Waals surface area contributed by atoms with Gasteiger partial charge in [0, 0.05) is 6.04 Å². The molecule has 2 heteroatoms. The molecule has 2 aromatic rings. The largest absolute Gasteiger partial charge is 0.310 e. The lowest BCUT2D eigenvalue weighted by molar-refractivity contribution is 0.572. The Morgan fingerprint density at radius 2 is 1.90 bits per heavy atom. The molecule has 1 N–H and O–H groups in total. The van der Waals surface area contributed by atoms with Crippen LogP contribution < -0.4 is 5.32 Å². The Hall–Kier alpha value is -1.25. The van der Waals surface area contributed by atoms with Gasteiger partial charge in [-0.15, -0.1) is 0 Å². The Kier molecular flexibility index (Phi) is 4.67. The third-order valence-corrected chi connectivity index (χ3v) is 4.99. The van der Waals surface area contributed by atoms with Gasteiger partial charge in [0.25, 0.3) is 0 Å². The zero-order valence-electron chi connectivity index (χ0n) is 12.9. The minimum absolute atomic E-state index is 0.431. The zero-order chi connectivity index (χ0) is 14.7. The van der Waals surface area contributed by atoms with E-state index < -0.39 is 0 Å². The van der Waals surface area contributed by atoms with Crippen molar-refractivity contribution >= 4 is 11.8 Å². The van der Waals surface area contributed by atoms with Crippen molar-refractivity contribution in [2.24, 2.45) is 0 Å². The summed E-state index contributed by atoms with van der Waals surface area (Å²) in [5.74, 6) is 1.24. The van der Waals surface area contributed by atoms with Crippen LogP contribution in [0.4, 0.5) is 0 Å². The highest BCUT2D eigenvalue weighted by Gasteiger charge is 2.18. The number of thioether (sulfide) groups is 1. The van der Waals surface area contributed by atoms with E-state index in [9.17, 15) is 0 Å². The topological polar surface area (TPSA) is 12.0 Å². The van der Waals surface area contributed by atoms with Gasteiger partial charge in [-0.2, -0.15) is 11.8 Å². The van der Waals surface area contributed by atoms with Gasteiger partial charge in [-0.3, -0.25) is 0 Å². The van der Waals surface area contributed by atoms with Crippen molar-refractivity contribution in [3.05, 3.63) is 59.2 Å². The summed E-state index contributed by atoms with van der Waals surface area (Å²) in [5.41, 5.74) is 7.19. The third kappa shape index (κ3) is 3.17. The molecule has 0 spiro atoms. The Morgan fingerprint density at radius 1 is 1.10 bits per heavy atom. The quantitative estimate of drug-likeness (QED) is 0.664. The summed E-state index contributed by atoms with van der Waals surface area (Å²) in [7, 11) is 0. The molecule has 0 radical (unpaired) electrons. The minimum Gasteiger partial charge on any atom is -0.310 e. The Labute approximate surface area is 132 Å². The number of hydrogen-bond donors (Lipinski definition) is 1. The van der Waals surface area contributed by atoms with Gasteiger partial charge in [-0.25, -0.2) is 0 Å². The standard InChI is InChI=1S/C19H23NS/c1-14(20-10-5-11-21-2)15-8-9-19-17(12-15)13-16-6-3-4-7-18(16)19/h3-4,6-9,12,14,20H,5,10-11,13H2,1-2H3. The molecule has 110 valence electrons. The van der Waals surface area contributed by atoms with Crippen LogP contribution >= 0.6 is 11.8 Å². The van der Waals surface area contributed by atoms with Crippen LogP contribution in [-0.2, 0) is 6.42 Å². The molecule has 0 fully saturated rings. The molecule has 1 nitrogen and oxygen atoms in total. The fourth-order valence-corrected chi connectivity index (χ4v) is 3.52. The van der Waals surface area contributed by atoms with Crippen LogP contribution in [0.25, 0.3) is 11.1 Å². The predicted octanol–water partition coefficient (Wildman–Crippen LogP) is 4.66. The molecule has 1 aliphatic carbocycles. The van der Waals surface area contributed by atoms with Crippen molar-refractivity contribution in [1.82, 2.24) is 5.32 Å². The maximum absolute atomic E-state index is 3.63. The molecular formula is C19H23NS. The van der Waals surface area contributed by atoms with Gasteiger partial charge < -0.3 is 5.32 Å². The lowest BCUT2D eigenvalue weighted by Gasteiger charge is -2.15. The maximum Gasteiger partial charge on any atom is 0.0291 e. The second kappa shape index (κ2) is 6.67. The van der Waals surface area contributed by atoms with E-state index in [1.165, 1.54) is 40.0 Å². The first-order valence-electron chi connectivity index (χ1n) is 7.73. The van der Waals surface area contributed by atoms with Gasteiger partial charge >= 0.3 is 0 Å². The van der Waals surface area contributed by atoms with E-state index in [-0.39, 0.29) is 0 Å². The van der Waals surface area contributed by atoms with E-state index in [1.54, 1.807) is 0 Å². The first kappa shape index (κ1) is 14.7. The lowest BCUT2D eigenvalue weighted by atomic mass is 10.0. The van der Waals surface area contributed by atoms with Crippen LogP contribution in [0.2, 0.25) is 0 Å². The number of benzene rings is 2. The number of fused-ring (bicyclic) bond motifs is 3. The first-order valence-corrected chi connectivity index (χ1v) is 9.12. The van der Waals surface area contributed by atoms with Gasteiger partial charge in [0.15, 0.2) is 0 Å². The van der Waals surface area contributed by atoms with Crippen LogP contribution in [0.15, 0.2) is 42.5 Å². The molecule has 0 saturated heterocycles. The average molecular weight is 297 g/mol. The Balaban J connectivity index is 1.71. The molecular weight excluding hydrogens is 274 g/mol. The summed E-state index contributed by atoms with van der Waals surface area (Å²) in [6.07, 6.45) is 4.49. The predicted molar refractivity (Wildman–Crippen MR) is 94.1 cm³/mol. The van der Waals surface area contributed by atoms with Crippen molar-refractivity contribution < 1.29 is 0 Å². The van der Waals surface area contributed by atoms with E-state index in [1.807, 2.05) is 11.8 Å². The summed E-state index contributed by atoms with van der Waals surface area (Å²) in [6.45, 7) is 3.36.